The van der Waals surface area contributed by atoms with Gasteiger partial charge in [-0.2, -0.15) is 4.98 Å². The second-order valence-corrected chi connectivity index (χ2v) is 5.78. The Balaban J connectivity index is 1.61. The second-order valence-electron chi connectivity index (χ2n) is 5.78. The summed E-state index contributed by atoms with van der Waals surface area (Å²) in [5.74, 6) is 3.17. The lowest BCUT2D eigenvalue weighted by Crippen LogP contribution is -2.35. The first-order valence-electron chi connectivity index (χ1n) is 7.46. The van der Waals surface area contributed by atoms with Crippen LogP contribution in [0.25, 0.3) is 0 Å². The number of piperidine rings is 1. The Morgan fingerprint density at radius 2 is 1.95 bits per heavy atom. The SMILES string of the molecule is Cc1noc(CC2CCN(c3ncnc(C)c3C)CC2)n1. The van der Waals surface area contributed by atoms with Gasteiger partial charge >= 0.3 is 0 Å². The predicted molar refractivity (Wildman–Crippen MR) is 79.2 cm³/mol. The highest BCUT2D eigenvalue weighted by Crippen LogP contribution is 2.26. The number of hydrogen-bond acceptors (Lipinski definition) is 6. The number of rotatable bonds is 3. The molecule has 2 aromatic rings. The normalized spacial score (nSPS) is 16.4. The monoisotopic (exact) mass is 287 g/mol. The van der Waals surface area contributed by atoms with Crippen molar-refractivity contribution in [2.45, 2.75) is 40.0 Å². The third kappa shape index (κ3) is 3.04. The van der Waals surface area contributed by atoms with Crippen molar-refractivity contribution >= 4 is 5.82 Å². The summed E-state index contributed by atoms with van der Waals surface area (Å²) in [6.07, 6.45) is 4.80. The second kappa shape index (κ2) is 5.79. The number of hydrogen-bond donors (Lipinski definition) is 0. The maximum atomic E-state index is 5.22. The highest BCUT2D eigenvalue weighted by atomic mass is 16.5. The summed E-state index contributed by atoms with van der Waals surface area (Å²) in [5.41, 5.74) is 2.24. The molecule has 112 valence electrons. The first-order chi connectivity index (χ1) is 10.1. The number of aryl methyl sites for hydroxylation is 2. The van der Waals surface area contributed by atoms with Gasteiger partial charge in [-0.1, -0.05) is 5.16 Å². The molecule has 0 amide bonds. The number of anilines is 1. The van der Waals surface area contributed by atoms with Crippen LogP contribution < -0.4 is 4.90 Å². The molecule has 0 aliphatic carbocycles. The van der Waals surface area contributed by atoms with Gasteiger partial charge in [0.1, 0.15) is 12.1 Å². The molecule has 1 aliphatic rings. The predicted octanol–water partition coefficient (Wildman–Crippen LogP) is 2.24. The van der Waals surface area contributed by atoms with Crippen molar-refractivity contribution in [2.24, 2.45) is 5.92 Å². The van der Waals surface area contributed by atoms with Gasteiger partial charge in [-0.3, -0.25) is 0 Å². The molecule has 6 heteroatoms. The molecule has 0 spiro atoms. The Kier molecular flexibility index (Phi) is 3.86. The maximum Gasteiger partial charge on any atom is 0.226 e. The minimum absolute atomic E-state index is 0.615. The summed E-state index contributed by atoms with van der Waals surface area (Å²) >= 11 is 0. The molecule has 1 fully saturated rings. The van der Waals surface area contributed by atoms with Gasteiger partial charge in [0.05, 0.1) is 0 Å². The van der Waals surface area contributed by atoms with Crippen molar-refractivity contribution in [3.63, 3.8) is 0 Å². The molecule has 0 saturated carbocycles. The molecule has 0 N–H and O–H groups in total. The van der Waals surface area contributed by atoms with Crippen LogP contribution in [0.15, 0.2) is 10.9 Å². The zero-order valence-electron chi connectivity index (χ0n) is 12.8. The molecule has 0 aromatic carbocycles. The molecule has 0 radical (unpaired) electrons. The van der Waals surface area contributed by atoms with Gasteiger partial charge < -0.3 is 9.42 Å². The minimum atomic E-state index is 0.615. The summed E-state index contributed by atoms with van der Waals surface area (Å²) < 4.78 is 5.22. The molecule has 0 bridgehead atoms. The average Bonchev–Trinajstić information content (AvgIpc) is 2.88. The van der Waals surface area contributed by atoms with Crippen LogP contribution in [0.1, 0.15) is 35.8 Å². The fourth-order valence-corrected chi connectivity index (χ4v) is 2.86. The number of nitrogens with zero attached hydrogens (tertiary/aromatic N) is 5. The molecular formula is C15H21N5O. The highest BCUT2D eigenvalue weighted by molar-refractivity contribution is 5.47. The lowest BCUT2D eigenvalue weighted by Gasteiger charge is -2.33. The van der Waals surface area contributed by atoms with E-state index in [1.54, 1.807) is 6.33 Å². The van der Waals surface area contributed by atoms with Crippen LogP contribution >= 0.6 is 0 Å². The van der Waals surface area contributed by atoms with Gasteiger partial charge in [0.15, 0.2) is 5.82 Å². The molecule has 2 aromatic heterocycles. The fraction of sp³-hybridized carbons (Fsp3) is 0.600. The molecule has 0 atom stereocenters. The Bertz CT molecular complexity index is 616. The molecule has 3 heterocycles. The van der Waals surface area contributed by atoms with Crippen molar-refractivity contribution in [3.8, 4) is 0 Å². The van der Waals surface area contributed by atoms with E-state index in [2.05, 4.69) is 31.9 Å². The summed E-state index contributed by atoms with van der Waals surface area (Å²) in [4.78, 5) is 15.3. The lowest BCUT2D eigenvalue weighted by atomic mass is 9.93. The van der Waals surface area contributed by atoms with E-state index >= 15 is 0 Å². The van der Waals surface area contributed by atoms with Gasteiger partial charge in [-0.25, -0.2) is 9.97 Å². The van der Waals surface area contributed by atoms with Crippen molar-refractivity contribution < 1.29 is 4.52 Å². The molecule has 1 saturated heterocycles. The van der Waals surface area contributed by atoms with Crippen LogP contribution in [-0.2, 0) is 6.42 Å². The Labute approximate surface area is 124 Å². The molecule has 21 heavy (non-hydrogen) atoms. The van der Waals surface area contributed by atoms with Crippen LogP contribution in [0.4, 0.5) is 5.82 Å². The van der Waals surface area contributed by atoms with Crippen LogP contribution in [0.3, 0.4) is 0 Å². The number of aromatic nitrogens is 4. The average molecular weight is 287 g/mol. The van der Waals surface area contributed by atoms with Crippen molar-refractivity contribution in [2.75, 3.05) is 18.0 Å². The molecule has 0 unspecified atom stereocenters. The standard InChI is InChI=1S/C15H21N5O/c1-10-11(2)16-9-17-15(10)20-6-4-13(5-7-20)8-14-18-12(3)19-21-14/h9,13H,4-8H2,1-3H3. The van der Waals surface area contributed by atoms with Crippen LogP contribution in [0.2, 0.25) is 0 Å². The zero-order valence-corrected chi connectivity index (χ0v) is 12.8. The zero-order chi connectivity index (χ0) is 14.8. The molecule has 3 rings (SSSR count). The lowest BCUT2D eigenvalue weighted by molar-refractivity contribution is 0.323. The Morgan fingerprint density at radius 1 is 1.19 bits per heavy atom. The third-order valence-corrected chi connectivity index (χ3v) is 4.26. The smallest absolute Gasteiger partial charge is 0.226 e. The van der Waals surface area contributed by atoms with Gasteiger partial charge in [-0.05, 0) is 39.5 Å². The van der Waals surface area contributed by atoms with E-state index in [1.165, 1.54) is 5.56 Å². The molecular weight excluding hydrogens is 266 g/mol. The van der Waals surface area contributed by atoms with E-state index < -0.39 is 0 Å². The fourth-order valence-electron chi connectivity index (χ4n) is 2.86. The van der Waals surface area contributed by atoms with Gasteiger partial charge in [0.25, 0.3) is 0 Å². The van der Waals surface area contributed by atoms with Crippen molar-refractivity contribution in [3.05, 3.63) is 29.3 Å². The topological polar surface area (TPSA) is 67.9 Å². The third-order valence-electron chi connectivity index (χ3n) is 4.26. The van der Waals surface area contributed by atoms with E-state index in [-0.39, 0.29) is 0 Å². The minimum Gasteiger partial charge on any atom is -0.356 e. The highest BCUT2D eigenvalue weighted by Gasteiger charge is 2.23. The van der Waals surface area contributed by atoms with Crippen molar-refractivity contribution in [1.29, 1.82) is 0 Å². The summed E-state index contributed by atoms with van der Waals surface area (Å²) in [5, 5.41) is 3.85. The van der Waals surface area contributed by atoms with E-state index in [0.717, 1.165) is 55.6 Å². The molecule has 1 aliphatic heterocycles. The van der Waals surface area contributed by atoms with Crippen LogP contribution in [0.5, 0.6) is 0 Å². The summed E-state index contributed by atoms with van der Waals surface area (Å²) in [6, 6.07) is 0. The van der Waals surface area contributed by atoms with Crippen molar-refractivity contribution in [1.82, 2.24) is 20.1 Å². The van der Waals surface area contributed by atoms with E-state index in [9.17, 15) is 0 Å². The maximum absolute atomic E-state index is 5.22. The first-order valence-corrected chi connectivity index (χ1v) is 7.46. The van der Waals surface area contributed by atoms with Gasteiger partial charge in [0, 0.05) is 30.8 Å². The Morgan fingerprint density at radius 3 is 2.62 bits per heavy atom. The quantitative estimate of drug-likeness (QED) is 0.862. The first kappa shape index (κ1) is 14.0. The van der Waals surface area contributed by atoms with Crippen LogP contribution in [0, 0.1) is 26.7 Å². The summed E-state index contributed by atoms with van der Waals surface area (Å²) in [7, 11) is 0. The van der Waals surface area contributed by atoms with Gasteiger partial charge in [0.2, 0.25) is 5.89 Å². The molecule has 6 nitrogen and oxygen atoms in total. The van der Waals surface area contributed by atoms with E-state index in [0.29, 0.717) is 5.92 Å². The summed E-state index contributed by atoms with van der Waals surface area (Å²) in [6.45, 7) is 8.03. The largest absolute Gasteiger partial charge is 0.356 e. The van der Waals surface area contributed by atoms with Crippen LogP contribution in [-0.4, -0.2) is 33.2 Å². The van der Waals surface area contributed by atoms with Gasteiger partial charge in [-0.15, -0.1) is 0 Å². The Hall–Kier alpha value is -1.98. The van der Waals surface area contributed by atoms with E-state index in [4.69, 9.17) is 4.52 Å². The van der Waals surface area contributed by atoms with E-state index in [1.807, 2.05) is 13.8 Å².